The van der Waals surface area contributed by atoms with Crippen LogP contribution in [0.4, 0.5) is 5.82 Å². The van der Waals surface area contributed by atoms with Gasteiger partial charge in [0.15, 0.2) is 0 Å². The summed E-state index contributed by atoms with van der Waals surface area (Å²) in [4.78, 5) is 35.7. The van der Waals surface area contributed by atoms with Crippen molar-refractivity contribution in [2.24, 2.45) is 0 Å². The Bertz CT molecular complexity index is 1500. The zero-order valence-corrected chi connectivity index (χ0v) is 22.8. The third kappa shape index (κ3) is 5.28. The van der Waals surface area contributed by atoms with Gasteiger partial charge in [-0.25, -0.2) is 4.98 Å². The molecular weight excluding hydrogens is 464 g/mol. The fraction of sp³-hybridized carbons (Fsp3) is 0.379. The van der Waals surface area contributed by atoms with Crippen molar-refractivity contribution in [3.8, 4) is 11.1 Å². The van der Waals surface area contributed by atoms with Crippen LogP contribution >= 0.6 is 0 Å². The average Bonchev–Trinajstić information content (AvgIpc) is 3.19. The van der Waals surface area contributed by atoms with Gasteiger partial charge in [-0.2, -0.15) is 5.10 Å². The molecule has 194 valence electrons. The fourth-order valence-corrected chi connectivity index (χ4v) is 4.75. The summed E-state index contributed by atoms with van der Waals surface area (Å²) in [7, 11) is 3.90. The quantitative estimate of drug-likeness (QED) is 0.358. The smallest absolute Gasteiger partial charge is 0.253 e. The van der Waals surface area contributed by atoms with Gasteiger partial charge in [0, 0.05) is 55.1 Å². The zero-order valence-electron chi connectivity index (χ0n) is 22.8. The van der Waals surface area contributed by atoms with Gasteiger partial charge in [-0.3, -0.25) is 14.3 Å². The largest absolute Gasteiger partial charge is 0.363 e. The van der Waals surface area contributed by atoms with Gasteiger partial charge in [0.05, 0.1) is 16.8 Å². The van der Waals surface area contributed by atoms with Crippen LogP contribution in [-0.2, 0) is 13.0 Å². The van der Waals surface area contributed by atoms with Crippen LogP contribution < -0.4 is 15.8 Å². The molecule has 0 fully saturated rings. The van der Waals surface area contributed by atoms with Crippen molar-refractivity contribution in [2.45, 2.75) is 60.0 Å². The lowest BCUT2D eigenvalue weighted by Gasteiger charge is -2.14. The molecule has 0 spiro atoms. The first-order chi connectivity index (χ1) is 17.6. The van der Waals surface area contributed by atoms with Crippen LogP contribution in [0.2, 0.25) is 0 Å². The van der Waals surface area contributed by atoms with E-state index in [1.54, 1.807) is 0 Å². The summed E-state index contributed by atoms with van der Waals surface area (Å²) < 4.78 is 1.95. The second-order valence-corrected chi connectivity index (χ2v) is 10.1. The Labute approximate surface area is 217 Å². The van der Waals surface area contributed by atoms with E-state index in [9.17, 15) is 9.59 Å². The van der Waals surface area contributed by atoms with E-state index < -0.39 is 0 Å². The number of anilines is 1. The number of amides is 1. The van der Waals surface area contributed by atoms with E-state index in [1.807, 2.05) is 68.0 Å². The number of aromatic nitrogens is 4. The summed E-state index contributed by atoms with van der Waals surface area (Å²) >= 11 is 0. The first-order valence-electron chi connectivity index (χ1n) is 12.8. The molecule has 0 unspecified atom stereocenters. The maximum atomic E-state index is 13.7. The third-order valence-electron chi connectivity index (χ3n) is 6.57. The monoisotopic (exact) mass is 500 g/mol. The number of aryl methyl sites for hydroxylation is 3. The Kier molecular flexibility index (Phi) is 7.47. The lowest BCUT2D eigenvalue weighted by Crippen LogP contribution is -2.28. The molecule has 2 N–H and O–H groups in total. The number of carbonyl (C=O) groups is 1. The Morgan fingerprint density at radius 3 is 2.51 bits per heavy atom. The number of hydrogen-bond acceptors (Lipinski definition) is 5. The molecule has 0 aliphatic carbocycles. The molecule has 0 radical (unpaired) electrons. The molecule has 8 heteroatoms. The number of fused-ring (bicyclic) bond motifs is 1. The summed E-state index contributed by atoms with van der Waals surface area (Å²) in [6, 6.07) is 10.1. The highest BCUT2D eigenvalue weighted by Crippen LogP contribution is 2.31. The van der Waals surface area contributed by atoms with Crippen LogP contribution in [0.15, 0.2) is 41.3 Å². The van der Waals surface area contributed by atoms with E-state index in [2.05, 4.69) is 42.1 Å². The summed E-state index contributed by atoms with van der Waals surface area (Å²) in [5.74, 6) is 0.621. The van der Waals surface area contributed by atoms with Gasteiger partial charge in [-0.15, -0.1) is 0 Å². The topological polar surface area (TPSA) is 95.9 Å². The zero-order chi connectivity index (χ0) is 26.9. The van der Waals surface area contributed by atoms with Crippen LogP contribution in [0.5, 0.6) is 0 Å². The van der Waals surface area contributed by atoms with Crippen LogP contribution in [0.1, 0.15) is 66.1 Å². The van der Waals surface area contributed by atoms with Crippen molar-refractivity contribution >= 4 is 22.6 Å². The first-order valence-corrected chi connectivity index (χ1v) is 12.8. The van der Waals surface area contributed by atoms with Gasteiger partial charge in [-0.1, -0.05) is 13.3 Å². The molecule has 3 heterocycles. The number of nitrogens with zero attached hydrogens (tertiary/aromatic N) is 4. The predicted molar refractivity (Wildman–Crippen MR) is 149 cm³/mol. The molecule has 0 aliphatic heterocycles. The second-order valence-electron chi connectivity index (χ2n) is 10.1. The molecule has 8 nitrogen and oxygen atoms in total. The number of nitrogens with one attached hydrogen (secondary N) is 2. The Balaban J connectivity index is 1.78. The number of rotatable bonds is 8. The number of pyridine rings is 2. The minimum absolute atomic E-state index is 0.124. The molecule has 0 atom stereocenters. The molecule has 1 amide bonds. The van der Waals surface area contributed by atoms with E-state index in [1.165, 1.54) is 0 Å². The van der Waals surface area contributed by atoms with E-state index in [4.69, 9.17) is 5.10 Å². The van der Waals surface area contributed by atoms with Crippen LogP contribution in [0, 0.1) is 13.8 Å². The van der Waals surface area contributed by atoms with Crippen molar-refractivity contribution in [1.82, 2.24) is 25.1 Å². The van der Waals surface area contributed by atoms with Crippen LogP contribution in [-0.4, -0.2) is 39.8 Å². The molecule has 3 aromatic heterocycles. The molecule has 1 aromatic carbocycles. The van der Waals surface area contributed by atoms with Crippen molar-refractivity contribution in [2.75, 3.05) is 19.0 Å². The van der Waals surface area contributed by atoms with Gasteiger partial charge >= 0.3 is 0 Å². The van der Waals surface area contributed by atoms with E-state index in [0.717, 1.165) is 57.6 Å². The van der Waals surface area contributed by atoms with E-state index >= 15 is 0 Å². The normalized spacial score (nSPS) is 11.4. The third-order valence-corrected chi connectivity index (χ3v) is 6.57. The van der Waals surface area contributed by atoms with E-state index in [0.29, 0.717) is 11.1 Å². The molecule has 0 aliphatic rings. The van der Waals surface area contributed by atoms with Gasteiger partial charge in [0.1, 0.15) is 5.82 Å². The average molecular weight is 501 g/mol. The Morgan fingerprint density at radius 2 is 1.89 bits per heavy atom. The molecule has 0 bridgehead atoms. The van der Waals surface area contributed by atoms with Crippen molar-refractivity contribution in [1.29, 1.82) is 0 Å². The number of carbonyl (C=O) groups excluding carboxylic acids is 1. The van der Waals surface area contributed by atoms with Crippen LogP contribution in [0.3, 0.4) is 0 Å². The SMILES string of the molecule is CCCc1cc(C)[nH]c(=O)c1CNC(=O)c1cc(-c2ccc(N(C)C)nc2)cc2c1c(C)nn2C(C)C. The summed E-state index contributed by atoms with van der Waals surface area (Å²) in [5.41, 5.74) is 6.27. The number of benzene rings is 1. The highest BCUT2D eigenvalue weighted by Gasteiger charge is 2.21. The molecule has 4 rings (SSSR count). The van der Waals surface area contributed by atoms with Gasteiger partial charge in [-0.05, 0) is 75.6 Å². The van der Waals surface area contributed by atoms with Gasteiger partial charge < -0.3 is 15.2 Å². The fourth-order valence-electron chi connectivity index (χ4n) is 4.75. The van der Waals surface area contributed by atoms with Gasteiger partial charge in [0.2, 0.25) is 0 Å². The molecule has 37 heavy (non-hydrogen) atoms. The lowest BCUT2D eigenvalue weighted by molar-refractivity contribution is 0.0952. The lowest BCUT2D eigenvalue weighted by atomic mass is 9.99. The van der Waals surface area contributed by atoms with Gasteiger partial charge in [0.25, 0.3) is 11.5 Å². The van der Waals surface area contributed by atoms with Crippen LogP contribution in [0.25, 0.3) is 22.0 Å². The standard InChI is InChI=1S/C29H36N6O2/c1-8-9-20-12-18(4)32-29(37)24(20)16-31-28(36)23-13-22(21-10-11-26(30-15-21)34(6)7)14-25-27(23)19(5)33-35(25)17(2)3/h10-15,17H,8-9,16H2,1-7H3,(H,31,36)(H,32,37). The molecular formula is C29H36N6O2. The van der Waals surface area contributed by atoms with Crippen molar-refractivity contribution < 1.29 is 4.79 Å². The minimum Gasteiger partial charge on any atom is -0.363 e. The minimum atomic E-state index is -0.237. The second kappa shape index (κ2) is 10.6. The number of hydrogen-bond donors (Lipinski definition) is 2. The summed E-state index contributed by atoms with van der Waals surface area (Å²) in [6.45, 7) is 10.2. The number of aromatic amines is 1. The molecule has 0 saturated heterocycles. The predicted octanol–water partition coefficient (Wildman–Crippen LogP) is 4.93. The van der Waals surface area contributed by atoms with Crippen molar-refractivity contribution in [3.05, 3.63) is 75.0 Å². The molecule has 0 saturated carbocycles. The first kappa shape index (κ1) is 26.1. The highest BCUT2D eigenvalue weighted by atomic mass is 16.1. The van der Waals surface area contributed by atoms with Crippen molar-refractivity contribution in [3.63, 3.8) is 0 Å². The summed E-state index contributed by atoms with van der Waals surface area (Å²) in [5, 5.41) is 8.58. The number of H-pyrrole nitrogens is 1. The Morgan fingerprint density at radius 1 is 1.14 bits per heavy atom. The molecule has 4 aromatic rings. The maximum absolute atomic E-state index is 13.7. The highest BCUT2D eigenvalue weighted by molar-refractivity contribution is 6.09. The maximum Gasteiger partial charge on any atom is 0.253 e. The van der Waals surface area contributed by atoms with E-state index in [-0.39, 0.29) is 24.1 Å². The Hall–Kier alpha value is -3.94. The summed E-state index contributed by atoms with van der Waals surface area (Å²) in [6.07, 6.45) is 3.52.